The number of ether oxygens (including phenoxy) is 1. The number of methoxy groups -OCH3 is 1. The number of anilines is 1. The van der Waals surface area contributed by atoms with Crippen molar-refractivity contribution in [3.05, 3.63) is 36.2 Å². The largest absolute Gasteiger partial charge is 0.507 e. The lowest BCUT2D eigenvalue weighted by Gasteiger charge is -2.46. The van der Waals surface area contributed by atoms with Crippen molar-refractivity contribution in [1.82, 2.24) is 30.7 Å². The quantitative estimate of drug-likeness (QED) is 0.534. The maximum atomic E-state index is 15.5. The summed E-state index contributed by atoms with van der Waals surface area (Å²) in [5, 5.41) is 31.3. The monoisotopic (exact) mass is 491 g/mol. The van der Waals surface area contributed by atoms with Gasteiger partial charge in [-0.1, -0.05) is 12.5 Å². The fourth-order valence-electron chi connectivity index (χ4n) is 5.58. The average molecular weight is 492 g/mol. The second-order valence-electron chi connectivity index (χ2n) is 10.0. The minimum absolute atomic E-state index is 0.0340. The molecule has 3 aromatic rings. The van der Waals surface area contributed by atoms with Crippen LogP contribution in [-0.4, -0.2) is 67.9 Å². The van der Waals surface area contributed by atoms with Crippen LogP contribution < -0.4 is 15.0 Å². The Bertz CT molecular complexity index is 1250. The third-order valence-electron chi connectivity index (χ3n) is 7.59. The summed E-state index contributed by atoms with van der Waals surface area (Å²) in [5.41, 5.74) is 2.94. The van der Waals surface area contributed by atoms with Crippen molar-refractivity contribution in [2.24, 2.45) is 0 Å². The molecule has 2 aliphatic heterocycles. The van der Waals surface area contributed by atoms with Crippen LogP contribution >= 0.6 is 0 Å². The molecule has 2 bridgehead atoms. The van der Waals surface area contributed by atoms with Crippen molar-refractivity contribution in [3.8, 4) is 34.0 Å². The SMILES string of the molecule is COc1cc(-c2ccc(-c3cnc(N(C4CC4)[C@@H]4C[C@@H]5CCC[C@H](N5)[C@@H]4F)nn3)c(O)c2)nnc1C. The Morgan fingerprint density at radius 3 is 2.61 bits per heavy atom. The number of benzene rings is 1. The smallest absolute Gasteiger partial charge is 0.245 e. The maximum absolute atomic E-state index is 15.5. The number of phenols is 1. The zero-order chi connectivity index (χ0) is 24.8. The highest BCUT2D eigenvalue weighted by Crippen LogP contribution is 2.39. The summed E-state index contributed by atoms with van der Waals surface area (Å²) in [6.07, 6.45) is 6.50. The molecule has 188 valence electrons. The van der Waals surface area contributed by atoms with E-state index in [2.05, 4.69) is 35.6 Å². The Hall–Kier alpha value is -3.40. The molecule has 0 radical (unpaired) electrons. The number of hydrogen-bond donors (Lipinski definition) is 2. The molecule has 6 rings (SSSR count). The number of aromatic nitrogens is 5. The van der Waals surface area contributed by atoms with E-state index in [0.29, 0.717) is 45.9 Å². The second-order valence-corrected chi connectivity index (χ2v) is 10.0. The number of rotatable bonds is 6. The molecular formula is C26H30FN7O2. The van der Waals surface area contributed by atoms with Gasteiger partial charge in [-0.05, 0) is 51.2 Å². The molecule has 2 aromatic heterocycles. The lowest BCUT2D eigenvalue weighted by Crippen LogP contribution is -2.62. The Morgan fingerprint density at radius 2 is 1.89 bits per heavy atom. The second kappa shape index (κ2) is 9.24. The van der Waals surface area contributed by atoms with E-state index in [1.54, 1.807) is 31.5 Å². The topological polar surface area (TPSA) is 109 Å². The molecular weight excluding hydrogens is 461 g/mol. The minimum Gasteiger partial charge on any atom is -0.507 e. The van der Waals surface area contributed by atoms with Crippen molar-refractivity contribution < 1.29 is 14.2 Å². The fraction of sp³-hybridized carbons (Fsp3) is 0.500. The molecule has 4 atom stereocenters. The third kappa shape index (κ3) is 4.23. The Kier molecular flexibility index (Phi) is 5.91. The van der Waals surface area contributed by atoms with Gasteiger partial charge in [0.05, 0.1) is 25.0 Å². The molecule has 9 nitrogen and oxygen atoms in total. The zero-order valence-corrected chi connectivity index (χ0v) is 20.4. The van der Waals surface area contributed by atoms with Gasteiger partial charge in [-0.2, -0.15) is 5.10 Å². The number of piperidine rings is 2. The maximum Gasteiger partial charge on any atom is 0.245 e. The van der Waals surface area contributed by atoms with Crippen molar-refractivity contribution in [2.45, 2.75) is 75.8 Å². The first kappa shape index (κ1) is 23.0. The van der Waals surface area contributed by atoms with E-state index in [1.807, 2.05) is 13.0 Å². The number of alkyl halides is 1. The summed E-state index contributed by atoms with van der Waals surface area (Å²) in [4.78, 5) is 6.66. The van der Waals surface area contributed by atoms with Crippen LogP contribution in [0.3, 0.4) is 0 Å². The third-order valence-corrected chi connectivity index (χ3v) is 7.59. The number of nitrogens with one attached hydrogen (secondary N) is 1. The molecule has 10 heteroatoms. The zero-order valence-electron chi connectivity index (χ0n) is 20.4. The number of nitrogens with zero attached hydrogens (tertiary/aromatic N) is 6. The van der Waals surface area contributed by atoms with Gasteiger partial charge in [-0.25, -0.2) is 9.37 Å². The molecule has 0 spiro atoms. The number of phenolic OH excluding ortho intramolecular Hbond substituents is 1. The first-order chi connectivity index (χ1) is 17.5. The Morgan fingerprint density at radius 1 is 1.06 bits per heavy atom. The van der Waals surface area contributed by atoms with E-state index in [-0.39, 0.29) is 23.9 Å². The molecule has 2 N–H and O–H groups in total. The Balaban J connectivity index is 1.25. The van der Waals surface area contributed by atoms with Gasteiger partial charge in [0.25, 0.3) is 0 Å². The van der Waals surface area contributed by atoms with Gasteiger partial charge in [0.1, 0.15) is 29.1 Å². The van der Waals surface area contributed by atoms with Crippen LogP contribution in [0, 0.1) is 6.92 Å². The van der Waals surface area contributed by atoms with Crippen molar-refractivity contribution >= 4 is 5.95 Å². The van der Waals surface area contributed by atoms with Crippen molar-refractivity contribution in [1.29, 1.82) is 0 Å². The normalized spacial score (nSPS) is 25.4. The predicted molar refractivity (Wildman–Crippen MR) is 133 cm³/mol. The van der Waals surface area contributed by atoms with E-state index in [1.165, 1.54) is 0 Å². The number of halogens is 1. The number of aromatic hydroxyl groups is 1. The molecule has 0 unspecified atom stereocenters. The van der Waals surface area contributed by atoms with Crippen LogP contribution in [0.4, 0.5) is 10.3 Å². The molecule has 1 aromatic carbocycles. The van der Waals surface area contributed by atoms with E-state index < -0.39 is 6.17 Å². The van der Waals surface area contributed by atoms with Gasteiger partial charge in [-0.15, -0.1) is 15.3 Å². The lowest BCUT2D eigenvalue weighted by molar-refractivity contribution is 0.103. The molecule has 2 saturated heterocycles. The van der Waals surface area contributed by atoms with Gasteiger partial charge in [0.2, 0.25) is 5.95 Å². The van der Waals surface area contributed by atoms with E-state index in [4.69, 9.17) is 4.74 Å². The van der Waals surface area contributed by atoms with Crippen LogP contribution in [0.5, 0.6) is 11.5 Å². The van der Waals surface area contributed by atoms with Gasteiger partial charge < -0.3 is 20.1 Å². The molecule has 3 fully saturated rings. The average Bonchev–Trinajstić information content (AvgIpc) is 3.73. The molecule has 36 heavy (non-hydrogen) atoms. The fourth-order valence-corrected chi connectivity index (χ4v) is 5.58. The molecule has 3 aliphatic rings. The first-order valence-corrected chi connectivity index (χ1v) is 12.6. The molecule has 0 amide bonds. The van der Waals surface area contributed by atoms with Gasteiger partial charge in [-0.3, -0.25) is 0 Å². The van der Waals surface area contributed by atoms with E-state index >= 15 is 4.39 Å². The molecule has 4 heterocycles. The highest BCUT2D eigenvalue weighted by molar-refractivity contribution is 5.73. The van der Waals surface area contributed by atoms with Crippen LogP contribution in [0.25, 0.3) is 22.5 Å². The summed E-state index contributed by atoms with van der Waals surface area (Å²) in [6, 6.07) is 7.28. The number of fused-ring (bicyclic) bond motifs is 2. The van der Waals surface area contributed by atoms with Gasteiger partial charge in [0.15, 0.2) is 0 Å². The summed E-state index contributed by atoms with van der Waals surface area (Å²) in [6.45, 7) is 1.82. The van der Waals surface area contributed by atoms with Crippen LogP contribution in [0.15, 0.2) is 30.5 Å². The predicted octanol–water partition coefficient (Wildman–Crippen LogP) is 3.61. The Labute approximate surface area is 209 Å². The standard InChI is InChI=1S/C26H30FN7O2/c1-14-24(36-2)12-20(31-30-14)15-6-9-18(23(35)10-15)21-13-28-26(33-32-21)34(17-7-8-17)22-11-16-4-3-5-19(29-16)25(22)27/h6,9-10,12-13,16-17,19,22,25,29,35H,3-5,7-8,11H2,1-2H3/t16-,19-,22+,25-/m0/s1. The summed E-state index contributed by atoms with van der Waals surface area (Å²) >= 11 is 0. The first-order valence-electron chi connectivity index (χ1n) is 12.6. The van der Waals surface area contributed by atoms with Crippen LogP contribution in [-0.2, 0) is 0 Å². The lowest BCUT2D eigenvalue weighted by atomic mass is 9.82. The van der Waals surface area contributed by atoms with E-state index in [0.717, 1.165) is 38.5 Å². The highest BCUT2D eigenvalue weighted by Gasteiger charge is 2.47. The minimum atomic E-state index is -0.953. The van der Waals surface area contributed by atoms with Gasteiger partial charge >= 0.3 is 0 Å². The van der Waals surface area contributed by atoms with Gasteiger partial charge in [0, 0.05) is 35.3 Å². The van der Waals surface area contributed by atoms with E-state index in [9.17, 15) is 5.11 Å². The molecule has 1 aliphatic carbocycles. The molecule has 1 saturated carbocycles. The van der Waals surface area contributed by atoms with Crippen LogP contribution in [0.2, 0.25) is 0 Å². The number of hydrogen-bond acceptors (Lipinski definition) is 9. The van der Waals surface area contributed by atoms with Crippen LogP contribution in [0.1, 0.15) is 44.2 Å². The van der Waals surface area contributed by atoms with Crippen molar-refractivity contribution in [2.75, 3.05) is 12.0 Å². The highest BCUT2D eigenvalue weighted by atomic mass is 19.1. The van der Waals surface area contributed by atoms with Crippen molar-refractivity contribution in [3.63, 3.8) is 0 Å². The number of aryl methyl sites for hydroxylation is 1. The summed E-state index contributed by atoms with van der Waals surface area (Å²) < 4.78 is 20.8. The summed E-state index contributed by atoms with van der Waals surface area (Å²) in [7, 11) is 1.58. The summed E-state index contributed by atoms with van der Waals surface area (Å²) in [5.74, 6) is 1.13.